The second-order valence-corrected chi connectivity index (χ2v) is 7.16. The average molecular weight is 439 g/mol. The van der Waals surface area contributed by atoms with Crippen LogP contribution in [0.25, 0.3) is 0 Å². The molecule has 0 atom stereocenters. The van der Waals surface area contributed by atoms with Crippen molar-refractivity contribution in [3.63, 3.8) is 0 Å². The highest BCUT2D eigenvalue weighted by Gasteiger charge is 2.30. The highest BCUT2D eigenvalue weighted by Crippen LogP contribution is 2.31. The Hall–Kier alpha value is -2.91. The van der Waals surface area contributed by atoms with Crippen LogP contribution in [0.3, 0.4) is 0 Å². The number of hydrogen-bond acceptors (Lipinski definition) is 5. The molecular weight excluding hydrogens is 425 g/mol. The Morgan fingerprint density at radius 3 is 2.69 bits per heavy atom. The van der Waals surface area contributed by atoms with Gasteiger partial charge < -0.3 is 5.32 Å². The van der Waals surface area contributed by atoms with E-state index in [9.17, 15) is 18.0 Å². The van der Waals surface area contributed by atoms with E-state index in [1.54, 1.807) is 29.6 Å². The number of thiazole rings is 1. The predicted molar refractivity (Wildman–Crippen MR) is 108 cm³/mol. The van der Waals surface area contributed by atoms with Crippen LogP contribution in [-0.2, 0) is 17.4 Å². The Morgan fingerprint density at radius 1 is 1.21 bits per heavy atom. The third-order valence-corrected chi connectivity index (χ3v) is 4.67. The Kier molecular flexibility index (Phi) is 6.50. The van der Waals surface area contributed by atoms with Gasteiger partial charge in [0.15, 0.2) is 5.13 Å². The number of rotatable bonds is 6. The van der Waals surface area contributed by atoms with Crippen molar-refractivity contribution in [2.45, 2.75) is 12.6 Å². The lowest BCUT2D eigenvalue weighted by atomic mass is 10.2. The number of amides is 1. The van der Waals surface area contributed by atoms with Crippen LogP contribution in [0, 0.1) is 0 Å². The van der Waals surface area contributed by atoms with E-state index in [1.165, 1.54) is 29.7 Å². The lowest BCUT2D eigenvalue weighted by Crippen LogP contribution is -2.19. The van der Waals surface area contributed by atoms with Gasteiger partial charge in [-0.3, -0.25) is 4.79 Å². The first-order valence-electron chi connectivity index (χ1n) is 8.26. The molecule has 0 fully saturated rings. The van der Waals surface area contributed by atoms with Gasteiger partial charge in [0.1, 0.15) is 0 Å². The maximum atomic E-state index is 12.8. The molecule has 0 aliphatic rings. The van der Waals surface area contributed by atoms with Crippen molar-refractivity contribution in [3.8, 4) is 0 Å². The summed E-state index contributed by atoms with van der Waals surface area (Å²) in [4.78, 5) is 16.2. The lowest BCUT2D eigenvalue weighted by molar-refractivity contribution is -0.137. The summed E-state index contributed by atoms with van der Waals surface area (Å²) < 4.78 is 38.3. The van der Waals surface area contributed by atoms with Crippen LogP contribution in [0.15, 0.2) is 59.0 Å². The summed E-state index contributed by atoms with van der Waals surface area (Å²) in [5.74, 6) is -0.369. The normalized spacial score (nSPS) is 11.6. The van der Waals surface area contributed by atoms with Gasteiger partial charge >= 0.3 is 6.18 Å². The number of hydrogen-bond donors (Lipinski definition) is 2. The van der Waals surface area contributed by atoms with E-state index in [0.717, 1.165) is 17.7 Å². The number of hydrazone groups is 1. The smallest absolute Gasteiger partial charge is 0.332 e. The maximum Gasteiger partial charge on any atom is 0.416 e. The topological polar surface area (TPSA) is 66.4 Å². The van der Waals surface area contributed by atoms with Gasteiger partial charge in [-0.1, -0.05) is 29.8 Å². The fourth-order valence-electron chi connectivity index (χ4n) is 2.27. The SMILES string of the molecule is O=C(Cc1csc(Nc2cccc(C(F)(F)F)c2)n1)NN=Cc1ccc(Cl)cc1. The van der Waals surface area contributed by atoms with Gasteiger partial charge in [0.05, 0.1) is 23.9 Å². The number of carbonyl (C=O) groups excluding carboxylic acids is 1. The molecule has 3 aromatic rings. The van der Waals surface area contributed by atoms with Gasteiger partial charge in [-0.25, -0.2) is 10.4 Å². The first kappa shape index (κ1) is 20.8. The number of alkyl halides is 3. The minimum absolute atomic E-state index is 0.0152. The molecule has 10 heteroatoms. The number of nitrogens with one attached hydrogen (secondary N) is 2. The van der Waals surface area contributed by atoms with Gasteiger partial charge in [-0.05, 0) is 35.9 Å². The molecule has 2 aromatic carbocycles. The Morgan fingerprint density at radius 2 is 1.97 bits per heavy atom. The maximum absolute atomic E-state index is 12.8. The van der Waals surface area contributed by atoms with Crippen molar-refractivity contribution in [2.24, 2.45) is 5.10 Å². The van der Waals surface area contributed by atoms with Gasteiger partial charge in [0.2, 0.25) is 5.91 Å². The van der Waals surface area contributed by atoms with Crippen LogP contribution >= 0.6 is 22.9 Å². The zero-order valence-electron chi connectivity index (χ0n) is 14.7. The van der Waals surface area contributed by atoms with Gasteiger partial charge in [0, 0.05) is 16.1 Å². The molecule has 0 saturated heterocycles. The highest BCUT2D eigenvalue weighted by molar-refractivity contribution is 7.13. The largest absolute Gasteiger partial charge is 0.416 e. The molecule has 1 amide bonds. The quantitative estimate of drug-likeness (QED) is 0.408. The predicted octanol–water partition coefficient (Wildman–Crippen LogP) is 5.25. The van der Waals surface area contributed by atoms with E-state index in [4.69, 9.17) is 11.6 Å². The van der Waals surface area contributed by atoms with Crippen LogP contribution < -0.4 is 10.7 Å². The number of benzene rings is 2. The van der Waals surface area contributed by atoms with E-state index in [-0.39, 0.29) is 18.0 Å². The second-order valence-electron chi connectivity index (χ2n) is 5.87. The summed E-state index contributed by atoms with van der Waals surface area (Å²) in [5, 5.41) is 9.31. The van der Waals surface area contributed by atoms with Crippen LogP contribution in [0.4, 0.5) is 24.0 Å². The molecule has 0 radical (unpaired) electrons. The molecular formula is C19H14ClF3N4OS. The van der Waals surface area contributed by atoms with E-state index in [0.29, 0.717) is 15.8 Å². The first-order chi connectivity index (χ1) is 13.8. The number of nitrogens with zero attached hydrogens (tertiary/aromatic N) is 2. The lowest BCUT2D eigenvalue weighted by Gasteiger charge is -2.08. The fraction of sp³-hybridized carbons (Fsp3) is 0.105. The molecule has 0 unspecified atom stereocenters. The summed E-state index contributed by atoms with van der Waals surface area (Å²) >= 11 is 6.98. The molecule has 2 N–H and O–H groups in total. The van der Waals surface area contributed by atoms with Crippen molar-refractivity contribution in [1.29, 1.82) is 0 Å². The molecule has 3 rings (SSSR count). The second kappa shape index (κ2) is 9.06. The molecule has 0 saturated carbocycles. The molecule has 29 heavy (non-hydrogen) atoms. The Bertz CT molecular complexity index is 1020. The monoisotopic (exact) mass is 438 g/mol. The number of halogens is 4. The van der Waals surface area contributed by atoms with Crippen molar-refractivity contribution in [2.75, 3.05) is 5.32 Å². The minimum Gasteiger partial charge on any atom is -0.332 e. The van der Waals surface area contributed by atoms with Crippen molar-refractivity contribution in [1.82, 2.24) is 10.4 Å². The standard InChI is InChI=1S/C19H14ClF3N4OS/c20-14-6-4-12(5-7-14)10-24-27-17(28)9-16-11-29-18(26-16)25-15-3-1-2-13(8-15)19(21,22)23/h1-8,10-11H,9H2,(H,25,26)(H,27,28). The average Bonchev–Trinajstić information content (AvgIpc) is 3.09. The highest BCUT2D eigenvalue weighted by atomic mass is 35.5. The minimum atomic E-state index is -4.42. The van der Waals surface area contributed by atoms with Gasteiger partial charge in [-0.2, -0.15) is 18.3 Å². The van der Waals surface area contributed by atoms with Crippen molar-refractivity contribution >= 4 is 45.9 Å². The summed E-state index contributed by atoms with van der Waals surface area (Å²) in [6.07, 6.45) is -2.95. The Balaban J connectivity index is 1.54. The van der Waals surface area contributed by atoms with E-state index >= 15 is 0 Å². The summed E-state index contributed by atoms with van der Waals surface area (Å²) in [7, 11) is 0. The third kappa shape index (κ3) is 6.30. The number of carbonyl (C=O) groups is 1. The van der Waals surface area contributed by atoms with Crippen LogP contribution in [-0.4, -0.2) is 17.1 Å². The van der Waals surface area contributed by atoms with Gasteiger partial charge in [-0.15, -0.1) is 11.3 Å². The molecule has 0 spiro atoms. The van der Waals surface area contributed by atoms with Crippen molar-refractivity contribution in [3.05, 3.63) is 75.8 Å². The molecule has 0 aliphatic heterocycles. The zero-order chi connectivity index (χ0) is 20.9. The van der Waals surface area contributed by atoms with Gasteiger partial charge in [0.25, 0.3) is 0 Å². The third-order valence-electron chi connectivity index (χ3n) is 3.61. The molecule has 1 aromatic heterocycles. The summed E-state index contributed by atoms with van der Waals surface area (Å²) in [6, 6.07) is 11.7. The molecule has 0 aliphatic carbocycles. The van der Waals surface area contributed by atoms with Crippen LogP contribution in [0.2, 0.25) is 5.02 Å². The summed E-state index contributed by atoms with van der Waals surface area (Å²) in [5.41, 5.74) is 3.15. The van der Waals surface area contributed by atoms with E-state index in [1.807, 2.05) is 0 Å². The molecule has 5 nitrogen and oxygen atoms in total. The molecule has 0 bridgehead atoms. The fourth-order valence-corrected chi connectivity index (χ4v) is 3.13. The number of aromatic nitrogens is 1. The molecule has 150 valence electrons. The Labute approximate surface area is 173 Å². The van der Waals surface area contributed by atoms with E-state index < -0.39 is 11.7 Å². The van der Waals surface area contributed by atoms with Crippen LogP contribution in [0.5, 0.6) is 0 Å². The van der Waals surface area contributed by atoms with E-state index in [2.05, 4.69) is 20.8 Å². The van der Waals surface area contributed by atoms with Crippen LogP contribution in [0.1, 0.15) is 16.8 Å². The first-order valence-corrected chi connectivity index (χ1v) is 9.51. The molecule has 1 heterocycles. The summed E-state index contributed by atoms with van der Waals surface area (Å²) in [6.45, 7) is 0. The van der Waals surface area contributed by atoms with Crippen molar-refractivity contribution < 1.29 is 18.0 Å². The number of anilines is 2. The zero-order valence-corrected chi connectivity index (χ0v) is 16.3.